The van der Waals surface area contributed by atoms with Gasteiger partial charge in [0.25, 0.3) is 0 Å². The zero-order chi connectivity index (χ0) is 24.9. The molecule has 4 aromatic carbocycles. The van der Waals surface area contributed by atoms with Gasteiger partial charge in [0.1, 0.15) is 11.3 Å². The Bertz CT molecular complexity index is 1520. The molecule has 0 radical (unpaired) electrons. The molecule has 0 aliphatic heterocycles. The quantitative estimate of drug-likeness (QED) is 0.260. The van der Waals surface area contributed by atoms with Crippen LogP contribution in [0.3, 0.4) is 0 Å². The number of esters is 1. The molecule has 1 amide bonds. The second kappa shape index (κ2) is 10.2. The summed E-state index contributed by atoms with van der Waals surface area (Å²) in [6.07, 6.45) is -0.665. The molecule has 1 heterocycles. The number of fused-ring (bicyclic) bond motifs is 1. The first-order valence-electron chi connectivity index (χ1n) is 11.4. The van der Waals surface area contributed by atoms with Crippen molar-refractivity contribution in [2.45, 2.75) is 6.61 Å². The van der Waals surface area contributed by atoms with E-state index >= 15 is 0 Å². The minimum atomic E-state index is -0.665. The first-order chi connectivity index (χ1) is 17.6. The van der Waals surface area contributed by atoms with Gasteiger partial charge in [0.15, 0.2) is 6.61 Å². The maximum absolute atomic E-state index is 12.5. The van der Waals surface area contributed by atoms with Crippen LogP contribution >= 0.6 is 0 Å². The highest BCUT2D eigenvalue weighted by Crippen LogP contribution is 2.28. The number of hydrogen-bond donors (Lipinski definition) is 1. The van der Waals surface area contributed by atoms with Crippen molar-refractivity contribution in [1.82, 2.24) is 0 Å². The van der Waals surface area contributed by atoms with Crippen LogP contribution in [0.15, 0.2) is 108 Å². The van der Waals surface area contributed by atoms with Crippen molar-refractivity contribution in [2.24, 2.45) is 0 Å². The number of ether oxygens (including phenoxy) is 2. The average Bonchev–Trinajstić information content (AvgIpc) is 3.34. The van der Waals surface area contributed by atoms with E-state index in [1.807, 2.05) is 84.9 Å². The smallest absolute Gasteiger partial charge is 0.412 e. The van der Waals surface area contributed by atoms with E-state index < -0.39 is 12.1 Å². The van der Waals surface area contributed by atoms with E-state index in [1.54, 1.807) is 18.2 Å². The molecule has 0 atom stereocenters. The van der Waals surface area contributed by atoms with Gasteiger partial charge in [-0.3, -0.25) is 5.32 Å². The lowest BCUT2D eigenvalue weighted by molar-refractivity contribution is 0.0600. The molecule has 0 spiro atoms. The predicted octanol–water partition coefficient (Wildman–Crippen LogP) is 7.30. The molecule has 5 aromatic rings. The van der Waals surface area contributed by atoms with Crippen LogP contribution in [0.25, 0.3) is 33.2 Å². The van der Waals surface area contributed by atoms with E-state index in [0.717, 1.165) is 27.6 Å². The van der Waals surface area contributed by atoms with Gasteiger partial charge in [-0.2, -0.15) is 0 Å². The molecule has 5 rings (SSSR count). The number of furan rings is 1. The van der Waals surface area contributed by atoms with Crippen molar-refractivity contribution in [1.29, 1.82) is 0 Å². The van der Waals surface area contributed by atoms with Crippen LogP contribution < -0.4 is 5.32 Å². The first-order valence-corrected chi connectivity index (χ1v) is 11.4. The molecule has 1 N–H and O–H groups in total. The predicted molar refractivity (Wildman–Crippen MR) is 139 cm³/mol. The molecule has 0 bridgehead atoms. The number of benzene rings is 4. The van der Waals surface area contributed by atoms with Gasteiger partial charge >= 0.3 is 12.1 Å². The van der Waals surface area contributed by atoms with Gasteiger partial charge in [-0.25, -0.2) is 9.59 Å². The Morgan fingerprint density at radius 1 is 0.750 bits per heavy atom. The molecule has 36 heavy (non-hydrogen) atoms. The normalized spacial score (nSPS) is 10.7. The van der Waals surface area contributed by atoms with Crippen LogP contribution in [0.2, 0.25) is 0 Å². The number of anilines is 1. The van der Waals surface area contributed by atoms with Gasteiger partial charge in [0.2, 0.25) is 0 Å². The highest BCUT2D eigenvalue weighted by Gasteiger charge is 2.13. The van der Waals surface area contributed by atoms with Crippen molar-refractivity contribution >= 4 is 28.7 Å². The SMILES string of the molecule is COC(=O)c1cc(NC(=O)OCc2cc3cc(-c4ccccc4)ccc3o2)cc(-c2ccccc2)c1. The molecule has 0 aliphatic rings. The molecule has 6 nitrogen and oxygen atoms in total. The second-order valence-corrected chi connectivity index (χ2v) is 8.19. The Morgan fingerprint density at radius 3 is 2.14 bits per heavy atom. The van der Waals surface area contributed by atoms with Crippen molar-refractivity contribution in [3.8, 4) is 22.3 Å². The van der Waals surface area contributed by atoms with Crippen LogP contribution in [0, 0.1) is 0 Å². The molecule has 6 heteroatoms. The third-order valence-electron chi connectivity index (χ3n) is 5.73. The first kappa shape index (κ1) is 22.9. The molecule has 0 fully saturated rings. The molecule has 0 aliphatic carbocycles. The summed E-state index contributed by atoms with van der Waals surface area (Å²) in [5.74, 6) is 0.0278. The molecule has 0 saturated carbocycles. The van der Waals surface area contributed by atoms with Gasteiger partial charge < -0.3 is 13.9 Å². The van der Waals surface area contributed by atoms with Crippen LogP contribution in [0.5, 0.6) is 0 Å². The van der Waals surface area contributed by atoms with Gasteiger partial charge in [-0.15, -0.1) is 0 Å². The fraction of sp³-hybridized carbons (Fsp3) is 0.0667. The largest absolute Gasteiger partial charge is 0.465 e. The summed E-state index contributed by atoms with van der Waals surface area (Å²) in [7, 11) is 1.31. The van der Waals surface area contributed by atoms with E-state index in [-0.39, 0.29) is 6.61 Å². The Labute approximate surface area is 208 Å². The van der Waals surface area contributed by atoms with E-state index in [4.69, 9.17) is 13.9 Å². The number of nitrogens with one attached hydrogen (secondary N) is 1. The summed E-state index contributed by atoms with van der Waals surface area (Å²) < 4.78 is 16.1. The van der Waals surface area contributed by atoms with E-state index in [9.17, 15) is 9.59 Å². The third kappa shape index (κ3) is 5.13. The lowest BCUT2D eigenvalue weighted by Gasteiger charge is -2.11. The van der Waals surface area contributed by atoms with Crippen LogP contribution in [-0.2, 0) is 16.1 Å². The van der Waals surface area contributed by atoms with Crippen LogP contribution in [0.4, 0.5) is 10.5 Å². The summed E-state index contributed by atoms with van der Waals surface area (Å²) in [4.78, 5) is 24.7. The zero-order valence-electron chi connectivity index (χ0n) is 19.6. The standard InChI is InChI=1S/C30H23NO5/c1-34-29(32)25-15-23(21-10-6-3-7-11-21)16-26(17-25)31-30(33)35-19-27-18-24-14-22(12-13-28(24)36-27)20-8-4-2-5-9-20/h2-18H,19H2,1H3,(H,31,33). The molecular weight excluding hydrogens is 454 g/mol. The number of rotatable bonds is 6. The Morgan fingerprint density at radius 2 is 1.44 bits per heavy atom. The monoisotopic (exact) mass is 477 g/mol. The highest BCUT2D eigenvalue weighted by molar-refractivity contribution is 5.95. The average molecular weight is 478 g/mol. The summed E-state index contributed by atoms with van der Waals surface area (Å²) >= 11 is 0. The van der Waals surface area contributed by atoms with Crippen molar-refractivity contribution in [3.63, 3.8) is 0 Å². The van der Waals surface area contributed by atoms with Gasteiger partial charge in [-0.1, -0.05) is 66.7 Å². The number of carbonyl (C=O) groups is 2. The fourth-order valence-electron chi connectivity index (χ4n) is 4.00. The van der Waals surface area contributed by atoms with Crippen molar-refractivity contribution < 1.29 is 23.5 Å². The molecular formula is C30H23NO5. The minimum absolute atomic E-state index is 0.0383. The summed E-state index contributed by atoms with van der Waals surface area (Å²) in [6, 6.07) is 32.5. The van der Waals surface area contributed by atoms with E-state index in [1.165, 1.54) is 7.11 Å². The lowest BCUT2D eigenvalue weighted by atomic mass is 10.0. The summed E-state index contributed by atoms with van der Waals surface area (Å²) in [5, 5.41) is 3.62. The summed E-state index contributed by atoms with van der Waals surface area (Å²) in [5.41, 5.74) is 5.30. The number of hydrogen-bond acceptors (Lipinski definition) is 5. The molecule has 178 valence electrons. The van der Waals surface area contributed by atoms with Crippen molar-refractivity contribution in [3.05, 3.63) is 114 Å². The number of amides is 1. The molecule has 0 unspecified atom stereocenters. The maximum atomic E-state index is 12.5. The summed E-state index contributed by atoms with van der Waals surface area (Å²) in [6.45, 7) is -0.0383. The minimum Gasteiger partial charge on any atom is -0.465 e. The second-order valence-electron chi connectivity index (χ2n) is 8.19. The Hall–Kier alpha value is -4.84. The Balaban J connectivity index is 1.30. The Kier molecular flexibility index (Phi) is 6.49. The zero-order valence-corrected chi connectivity index (χ0v) is 19.6. The van der Waals surface area contributed by atoms with Gasteiger partial charge in [0.05, 0.1) is 12.7 Å². The molecule has 1 aromatic heterocycles. The number of carbonyl (C=O) groups excluding carboxylic acids is 2. The highest BCUT2D eigenvalue weighted by atomic mass is 16.6. The van der Waals surface area contributed by atoms with Crippen molar-refractivity contribution in [2.75, 3.05) is 12.4 Å². The lowest BCUT2D eigenvalue weighted by Crippen LogP contribution is -2.14. The van der Waals surface area contributed by atoms with Crippen LogP contribution in [0.1, 0.15) is 16.1 Å². The van der Waals surface area contributed by atoms with E-state index in [0.29, 0.717) is 22.6 Å². The third-order valence-corrected chi connectivity index (χ3v) is 5.73. The van der Waals surface area contributed by atoms with E-state index in [2.05, 4.69) is 5.32 Å². The van der Waals surface area contributed by atoms with Crippen LogP contribution in [-0.4, -0.2) is 19.2 Å². The number of methoxy groups -OCH3 is 1. The maximum Gasteiger partial charge on any atom is 0.412 e. The van der Waals surface area contributed by atoms with Gasteiger partial charge in [-0.05, 0) is 58.7 Å². The van der Waals surface area contributed by atoms with Gasteiger partial charge in [0, 0.05) is 11.1 Å². The fourth-order valence-corrected chi connectivity index (χ4v) is 4.00. The topological polar surface area (TPSA) is 77.8 Å². The molecule has 0 saturated heterocycles.